The quantitative estimate of drug-likeness (QED) is 0.392. The molecule has 2 amide bonds. The Morgan fingerprint density at radius 1 is 1.07 bits per heavy atom. The van der Waals surface area contributed by atoms with Gasteiger partial charge in [0.2, 0.25) is 5.91 Å². The van der Waals surface area contributed by atoms with Gasteiger partial charge < -0.3 is 19.9 Å². The molecule has 0 saturated heterocycles. The largest absolute Gasteiger partial charge is 0.504 e. The van der Waals surface area contributed by atoms with Crippen molar-refractivity contribution in [2.24, 2.45) is 11.0 Å². The SMILES string of the molecule is COc1ccc(NC(=O)C(C)C(=O)N/N=C/c2cccc(OC)c2O)cc1. The first-order valence-corrected chi connectivity index (χ1v) is 8.10. The van der Waals surface area contributed by atoms with Gasteiger partial charge in [0.15, 0.2) is 11.5 Å². The first kappa shape index (κ1) is 19.8. The first-order valence-electron chi connectivity index (χ1n) is 8.10. The molecule has 0 fully saturated rings. The number of methoxy groups -OCH3 is 2. The van der Waals surface area contributed by atoms with E-state index in [0.29, 0.717) is 17.0 Å². The Labute approximate surface area is 156 Å². The van der Waals surface area contributed by atoms with Crippen molar-refractivity contribution in [2.45, 2.75) is 6.92 Å². The number of nitrogens with zero attached hydrogens (tertiary/aromatic N) is 1. The van der Waals surface area contributed by atoms with Gasteiger partial charge in [-0.1, -0.05) is 6.07 Å². The van der Waals surface area contributed by atoms with Crippen molar-refractivity contribution in [2.75, 3.05) is 19.5 Å². The fourth-order valence-corrected chi connectivity index (χ4v) is 2.11. The molecule has 8 heteroatoms. The number of ether oxygens (including phenoxy) is 2. The highest BCUT2D eigenvalue weighted by atomic mass is 16.5. The summed E-state index contributed by atoms with van der Waals surface area (Å²) >= 11 is 0. The average molecular weight is 371 g/mol. The van der Waals surface area contributed by atoms with Gasteiger partial charge in [-0.05, 0) is 43.3 Å². The molecule has 1 unspecified atom stereocenters. The van der Waals surface area contributed by atoms with E-state index in [1.54, 1.807) is 49.6 Å². The number of hydrazone groups is 1. The van der Waals surface area contributed by atoms with E-state index in [1.165, 1.54) is 20.2 Å². The number of phenolic OH excluding ortho intramolecular Hbond substituents is 1. The summed E-state index contributed by atoms with van der Waals surface area (Å²) in [7, 11) is 2.98. The Kier molecular flexibility index (Phi) is 6.76. The van der Waals surface area contributed by atoms with Crippen molar-refractivity contribution in [3.8, 4) is 17.2 Å². The molecule has 0 bridgehead atoms. The number of para-hydroxylation sites is 1. The van der Waals surface area contributed by atoms with E-state index in [2.05, 4.69) is 15.8 Å². The number of anilines is 1. The molecule has 2 aromatic rings. The van der Waals surface area contributed by atoms with Crippen molar-refractivity contribution >= 4 is 23.7 Å². The second-order valence-corrected chi connectivity index (χ2v) is 5.57. The normalized spacial score (nSPS) is 11.7. The van der Waals surface area contributed by atoms with Crippen LogP contribution >= 0.6 is 0 Å². The molecule has 27 heavy (non-hydrogen) atoms. The lowest BCUT2D eigenvalue weighted by molar-refractivity contribution is -0.131. The molecule has 0 aliphatic carbocycles. The van der Waals surface area contributed by atoms with E-state index in [-0.39, 0.29) is 11.5 Å². The second kappa shape index (κ2) is 9.23. The molecule has 0 heterocycles. The smallest absolute Gasteiger partial charge is 0.252 e. The van der Waals surface area contributed by atoms with Crippen LogP contribution in [0.3, 0.4) is 0 Å². The summed E-state index contributed by atoms with van der Waals surface area (Å²) in [5.74, 6) is -1.17. The summed E-state index contributed by atoms with van der Waals surface area (Å²) in [6, 6.07) is 11.6. The lowest BCUT2D eigenvalue weighted by Gasteiger charge is -2.11. The zero-order valence-corrected chi connectivity index (χ0v) is 15.2. The Balaban J connectivity index is 1.93. The van der Waals surface area contributed by atoms with Crippen molar-refractivity contribution in [3.63, 3.8) is 0 Å². The molecule has 142 valence electrons. The van der Waals surface area contributed by atoms with E-state index < -0.39 is 17.7 Å². The molecular formula is C19H21N3O5. The third-order valence-corrected chi connectivity index (χ3v) is 3.77. The standard InChI is InChI=1S/C19H21N3O5/c1-12(18(24)21-14-7-9-15(26-2)10-8-14)19(25)22-20-11-13-5-4-6-16(27-3)17(13)23/h4-12,23H,1-3H3,(H,21,24)(H,22,25)/b20-11+. The maximum atomic E-state index is 12.2. The van der Waals surface area contributed by atoms with E-state index in [4.69, 9.17) is 9.47 Å². The van der Waals surface area contributed by atoms with Crippen LogP contribution in [0.4, 0.5) is 5.69 Å². The summed E-state index contributed by atoms with van der Waals surface area (Å²) in [4.78, 5) is 24.2. The molecule has 1 atom stereocenters. The van der Waals surface area contributed by atoms with Gasteiger partial charge in [-0.3, -0.25) is 9.59 Å². The summed E-state index contributed by atoms with van der Waals surface area (Å²) < 4.78 is 10.0. The number of amides is 2. The minimum atomic E-state index is -0.969. The Morgan fingerprint density at radius 3 is 2.41 bits per heavy atom. The monoisotopic (exact) mass is 371 g/mol. The Morgan fingerprint density at radius 2 is 1.78 bits per heavy atom. The van der Waals surface area contributed by atoms with E-state index in [0.717, 1.165) is 0 Å². The van der Waals surface area contributed by atoms with E-state index in [9.17, 15) is 14.7 Å². The molecule has 0 radical (unpaired) electrons. The highest BCUT2D eigenvalue weighted by Crippen LogP contribution is 2.27. The van der Waals surface area contributed by atoms with Crippen molar-refractivity contribution < 1.29 is 24.2 Å². The summed E-state index contributed by atoms with van der Waals surface area (Å²) in [6.45, 7) is 1.47. The highest BCUT2D eigenvalue weighted by molar-refractivity contribution is 6.06. The fourth-order valence-electron chi connectivity index (χ4n) is 2.11. The van der Waals surface area contributed by atoms with E-state index in [1.807, 2.05) is 0 Å². The van der Waals surface area contributed by atoms with Crippen LogP contribution < -0.4 is 20.2 Å². The zero-order chi connectivity index (χ0) is 19.8. The highest BCUT2D eigenvalue weighted by Gasteiger charge is 2.21. The number of carbonyl (C=O) groups is 2. The van der Waals surface area contributed by atoms with E-state index >= 15 is 0 Å². The topological polar surface area (TPSA) is 109 Å². The first-order chi connectivity index (χ1) is 13.0. The predicted octanol–water partition coefficient (Wildman–Crippen LogP) is 2.13. The van der Waals surface area contributed by atoms with Crippen LogP contribution in [0.2, 0.25) is 0 Å². The Bertz CT molecular complexity index is 834. The minimum absolute atomic E-state index is 0.0942. The zero-order valence-electron chi connectivity index (χ0n) is 15.2. The number of hydrogen-bond acceptors (Lipinski definition) is 6. The third kappa shape index (κ3) is 5.21. The minimum Gasteiger partial charge on any atom is -0.504 e. The Hall–Kier alpha value is -3.55. The number of phenols is 1. The number of rotatable bonds is 7. The second-order valence-electron chi connectivity index (χ2n) is 5.57. The van der Waals surface area contributed by atoms with Gasteiger partial charge in [-0.15, -0.1) is 0 Å². The lowest BCUT2D eigenvalue weighted by Crippen LogP contribution is -2.34. The number of benzene rings is 2. The van der Waals surface area contributed by atoms with Gasteiger partial charge in [0.05, 0.1) is 20.4 Å². The number of aromatic hydroxyl groups is 1. The molecule has 0 spiro atoms. The van der Waals surface area contributed by atoms with Crippen LogP contribution in [0.5, 0.6) is 17.2 Å². The molecule has 3 N–H and O–H groups in total. The van der Waals surface area contributed by atoms with Crippen LogP contribution in [0.25, 0.3) is 0 Å². The summed E-state index contributed by atoms with van der Waals surface area (Å²) in [5.41, 5.74) is 3.19. The molecule has 8 nitrogen and oxygen atoms in total. The molecule has 0 aromatic heterocycles. The van der Waals surface area contributed by atoms with Gasteiger partial charge in [0, 0.05) is 11.3 Å². The third-order valence-electron chi connectivity index (χ3n) is 3.77. The average Bonchev–Trinajstić information content (AvgIpc) is 2.69. The molecular weight excluding hydrogens is 350 g/mol. The number of hydrogen-bond donors (Lipinski definition) is 3. The van der Waals surface area contributed by atoms with Crippen LogP contribution in [0.15, 0.2) is 47.6 Å². The van der Waals surface area contributed by atoms with Crippen LogP contribution in [0.1, 0.15) is 12.5 Å². The van der Waals surface area contributed by atoms with Crippen molar-refractivity contribution in [3.05, 3.63) is 48.0 Å². The van der Waals surface area contributed by atoms with Crippen molar-refractivity contribution in [1.29, 1.82) is 0 Å². The summed E-state index contributed by atoms with van der Waals surface area (Å²) in [5, 5.41) is 16.4. The van der Waals surface area contributed by atoms with Crippen LogP contribution in [0, 0.1) is 5.92 Å². The number of carbonyl (C=O) groups excluding carboxylic acids is 2. The predicted molar refractivity (Wildman–Crippen MR) is 101 cm³/mol. The fraction of sp³-hybridized carbons (Fsp3) is 0.211. The van der Waals surface area contributed by atoms with Gasteiger partial charge in [0.25, 0.3) is 5.91 Å². The maximum Gasteiger partial charge on any atom is 0.252 e. The molecule has 2 rings (SSSR count). The number of nitrogens with one attached hydrogen (secondary N) is 2. The molecule has 0 saturated carbocycles. The van der Waals surface area contributed by atoms with Gasteiger partial charge >= 0.3 is 0 Å². The van der Waals surface area contributed by atoms with Crippen LogP contribution in [-0.2, 0) is 9.59 Å². The maximum absolute atomic E-state index is 12.2. The molecule has 2 aromatic carbocycles. The van der Waals surface area contributed by atoms with Crippen molar-refractivity contribution in [1.82, 2.24) is 5.43 Å². The lowest BCUT2D eigenvalue weighted by atomic mass is 10.1. The van der Waals surface area contributed by atoms with Gasteiger partial charge in [-0.2, -0.15) is 5.10 Å². The molecule has 0 aliphatic rings. The van der Waals surface area contributed by atoms with Gasteiger partial charge in [0.1, 0.15) is 11.7 Å². The van der Waals surface area contributed by atoms with Crippen LogP contribution in [-0.4, -0.2) is 37.4 Å². The molecule has 0 aliphatic heterocycles. The summed E-state index contributed by atoms with van der Waals surface area (Å²) in [6.07, 6.45) is 1.27. The van der Waals surface area contributed by atoms with Gasteiger partial charge in [-0.25, -0.2) is 5.43 Å².